The Morgan fingerprint density at radius 3 is 2.75 bits per heavy atom. The van der Waals surface area contributed by atoms with Gasteiger partial charge in [0.25, 0.3) is 5.91 Å². The van der Waals surface area contributed by atoms with Crippen LogP contribution < -0.4 is 11.5 Å². The molecule has 0 aliphatic heterocycles. The molecule has 4 N–H and O–H groups in total. The molecule has 16 heavy (non-hydrogen) atoms. The number of aromatic nitrogens is 2. The molecule has 6 heteroatoms. The van der Waals surface area contributed by atoms with Crippen molar-refractivity contribution in [1.29, 1.82) is 0 Å². The fourth-order valence-electron chi connectivity index (χ4n) is 1.37. The molecule has 1 aromatic heterocycles. The molecule has 0 aromatic carbocycles. The summed E-state index contributed by atoms with van der Waals surface area (Å²) >= 11 is 0. The van der Waals surface area contributed by atoms with Crippen LogP contribution in [0.3, 0.4) is 0 Å². The fourth-order valence-corrected chi connectivity index (χ4v) is 1.37. The Balaban J connectivity index is 2.99. The lowest BCUT2D eigenvalue weighted by atomic mass is 10.2. The lowest BCUT2D eigenvalue weighted by Crippen LogP contribution is -2.17. The third-order valence-corrected chi connectivity index (χ3v) is 2.23. The van der Waals surface area contributed by atoms with Crippen LogP contribution in [0, 0.1) is 0 Å². The first kappa shape index (κ1) is 12.4. The molecule has 0 radical (unpaired) electrons. The summed E-state index contributed by atoms with van der Waals surface area (Å²) in [6, 6.07) is 0. The lowest BCUT2D eigenvalue weighted by Gasteiger charge is -2.13. The van der Waals surface area contributed by atoms with Gasteiger partial charge in [-0.15, -0.1) is 0 Å². The highest BCUT2D eigenvalue weighted by Crippen LogP contribution is 2.19. The van der Waals surface area contributed by atoms with Gasteiger partial charge in [0.15, 0.2) is 5.82 Å². The largest absolute Gasteiger partial charge is 0.383 e. The van der Waals surface area contributed by atoms with Gasteiger partial charge in [0.1, 0.15) is 11.9 Å². The summed E-state index contributed by atoms with van der Waals surface area (Å²) in [5, 5.41) is 0. The van der Waals surface area contributed by atoms with Gasteiger partial charge in [0.05, 0.1) is 5.56 Å². The maximum absolute atomic E-state index is 10.9. The maximum Gasteiger partial charge on any atom is 0.254 e. The van der Waals surface area contributed by atoms with E-state index in [9.17, 15) is 4.79 Å². The Morgan fingerprint density at radius 2 is 2.31 bits per heavy atom. The van der Waals surface area contributed by atoms with Gasteiger partial charge in [0, 0.05) is 13.3 Å². The van der Waals surface area contributed by atoms with Crippen molar-refractivity contribution in [3.63, 3.8) is 0 Å². The lowest BCUT2D eigenvalue weighted by molar-refractivity contribution is 0.0874. The molecule has 1 heterocycles. The van der Waals surface area contributed by atoms with Crippen LogP contribution in [-0.2, 0) is 4.74 Å². The first-order valence-electron chi connectivity index (χ1n) is 5.05. The minimum Gasteiger partial charge on any atom is -0.383 e. The maximum atomic E-state index is 10.9. The third-order valence-electron chi connectivity index (χ3n) is 2.23. The van der Waals surface area contributed by atoms with Crippen molar-refractivity contribution in [2.45, 2.75) is 25.9 Å². The second-order valence-electron chi connectivity index (χ2n) is 3.40. The Hall–Kier alpha value is -1.69. The summed E-state index contributed by atoms with van der Waals surface area (Å²) in [5.41, 5.74) is 10.8. The number of anilines is 1. The van der Waals surface area contributed by atoms with Gasteiger partial charge in [-0.2, -0.15) is 0 Å². The number of carbonyl (C=O) groups excluding carboxylic acids is 1. The van der Waals surface area contributed by atoms with Crippen LogP contribution in [0.1, 0.15) is 42.1 Å². The van der Waals surface area contributed by atoms with Gasteiger partial charge in [-0.25, -0.2) is 9.97 Å². The van der Waals surface area contributed by atoms with Gasteiger partial charge >= 0.3 is 0 Å². The number of nitrogen functional groups attached to an aromatic ring is 1. The van der Waals surface area contributed by atoms with Gasteiger partial charge in [-0.3, -0.25) is 4.79 Å². The van der Waals surface area contributed by atoms with Crippen LogP contribution in [0.4, 0.5) is 5.82 Å². The summed E-state index contributed by atoms with van der Waals surface area (Å²) in [4.78, 5) is 19.0. The molecular weight excluding hydrogens is 208 g/mol. The summed E-state index contributed by atoms with van der Waals surface area (Å²) < 4.78 is 5.24. The molecule has 0 saturated carbocycles. The van der Waals surface area contributed by atoms with Crippen molar-refractivity contribution in [2.24, 2.45) is 5.73 Å². The van der Waals surface area contributed by atoms with Crippen LogP contribution in [0.2, 0.25) is 0 Å². The predicted octanol–water partition coefficient (Wildman–Crippen LogP) is 0.645. The minimum atomic E-state index is -0.631. The number of hydrogen-bond acceptors (Lipinski definition) is 5. The third kappa shape index (κ3) is 2.66. The molecule has 0 aliphatic rings. The fraction of sp³-hybridized carbons (Fsp3) is 0.500. The molecule has 1 rings (SSSR count). The molecule has 88 valence electrons. The Kier molecular flexibility index (Phi) is 4.19. The monoisotopic (exact) mass is 224 g/mol. The number of nitrogens with two attached hydrogens (primary N) is 2. The van der Waals surface area contributed by atoms with E-state index in [1.54, 1.807) is 7.11 Å². The average Bonchev–Trinajstić information content (AvgIpc) is 2.25. The van der Waals surface area contributed by atoms with Crippen molar-refractivity contribution >= 4 is 11.7 Å². The number of ether oxygens (including phenoxy) is 1. The van der Waals surface area contributed by atoms with E-state index in [1.165, 1.54) is 6.20 Å². The van der Waals surface area contributed by atoms with E-state index in [4.69, 9.17) is 16.2 Å². The smallest absolute Gasteiger partial charge is 0.254 e. The van der Waals surface area contributed by atoms with Crippen molar-refractivity contribution in [3.05, 3.63) is 17.6 Å². The van der Waals surface area contributed by atoms with Crippen molar-refractivity contribution in [3.8, 4) is 0 Å². The van der Waals surface area contributed by atoms with Crippen molar-refractivity contribution in [1.82, 2.24) is 9.97 Å². The highest BCUT2D eigenvalue weighted by Gasteiger charge is 2.15. The molecule has 1 unspecified atom stereocenters. The zero-order valence-corrected chi connectivity index (χ0v) is 9.43. The zero-order valence-electron chi connectivity index (χ0n) is 9.43. The van der Waals surface area contributed by atoms with Crippen LogP contribution in [0.5, 0.6) is 0 Å². The first-order chi connectivity index (χ1) is 7.60. The van der Waals surface area contributed by atoms with Crippen LogP contribution >= 0.6 is 0 Å². The van der Waals surface area contributed by atoms with Crippen LogP contribution in [0.25, 0.3) is 0 Å². The number of methoxy groups -OCH3 is 1. The van der Waals surface area contributed by atoms with Gasteiger partial charge in [-0.05, 0) is 6.42 Å². The highest BCUT2D eigenvalue weighted by atomic mass is 16.5. The molecule has 0 bridgehead atoms. The average molecular weight is 224 g/mol. The summed E-state index contributed by atoms with van der Waals surface area (Å²) in [6.07, 6.45) is 2.88. The first-order valence-corrected chi connectivity index (χ1v) is 5.05. The van der Waals surface area contributed by atoms with E-state index in [-0.39, 0.29) is 17.5 Å². The number of primary amides is 1. The number of rotatable bonds is 5. The molecule has 0 fully saturated rings. The van der Waals surface area contributed by atoms with Crippen molar-refractivity contribution in [2.75, 3.05) is 12.8 Å². The topological polar surface area (TPSA) is 104 Å². The van der Waals surface area contributed by atoms with E-state index in [1.807, 2.05) is 6.92 Å². The molecule has 1 atom stereocenters. The molecule has 1 amide bonds. The Morgan fingerprint density at radius 1 is 1.62 bits per heavy atom. The molecule has 6 nitrogen and oxygen atoms in total. The van der Waals surface area contributed by atoms with Crippen molar-refractivity contribution < 1.29 is 9.53 Å². The Labute approximate surface area is 94.0 Å². The minimum absolute atomic E-state index is 0.0932. The van der Waals surface area contributed by atoms with Crippen LogP contribution in [-0.4, -0.2) is 23.0 Å². The summed E-state index contributed by atoms with van der Waals surface area (Å²) in [7, 11) is 1.59. The van der Waals surface area contributed by atoms with Gasteiger partial charge < -0.3 is 16.2 Å². The SMILES string of the molecule is CCCC(OC)c1ncc(C(N)=O)c(N)n1. The number of amides is 1. The standard InChI is InChI=1S/C10H16N4O2/c1-3-4-7(16-2)10-13-5-6(9(12)15)8(11)14-10/h5,7H,3-4H2,1-2H3,(H2,12,15)(H2,11,13,14). The number of nitrogens with zero attached hydrogens (tertiary/aromatic N) is 2. The second kappa shape index (κ2) is 5.41. The molecule has 0 saturated heterocycles. The summed E-state index contributed by atoms with van der Waals surface area (Å²) in [6.45, 7) is 2.03. The van der Waals surface area contributed by atoms with E-state index in [0.717, 1.165) is 12.8 Å². The van der Waals surface area contributed by atoms with Crippen LogP contribution in [0.15, 0.2) is 6.20 Å². The summed E-state index contributed by atoms with van der Waals surface area (Å²) in [5.74, 6) is -0.0592. The molecule has 1 aromatic rings. The Bertz CT molecular complexity index is 381. The normalized spacial score (nSPS) is 12.4. The van der Waals surface area contributed by atoms with E-state index < -0.39 is 5.91 Å². The van der Waals surface area contributed by atoms with Gasteiger partial charge in [-0.1, -0.05) is 13.3 Å². The van der Waals surface area contributed by atoms with E-state index in [2.05, 4.69) is 9.97 Å². The number of carbonyl (C=O) groups is 1. The van der Waals surface area contributed by atoms with Gasteiger partial charge in [0.2, 0.25) is 0 Å². The zero-order chi connectivity index (χ0) is 12.1. The molecular formula is C10H16N4O2. The van der Waals surface area contributed by atoms with E-state index >= 15 is 0 Å². The van der Waals surface area contributed by atoms with E-state index in [0.29, 0.717) is 5.82 Å². The molecule has 0 aliphatic carbocycles. The molecule has 0 spiro atoms. The second-order valence-corrected chi connectivity index (χ2v) is 3.40. The highest BCUT2D eigenvalue weighted by molar-refractivity contribution is 5.96. The quantitative estimate of drug-likeness (QED) is 0.763. The predicted molar refractivity (Wildman–Crippen MR) is 59.6 cm³/mol. The number of hydrogen-bond donors (Lipinski definition) is 2.